The Hall–Kier alpha value is -6.00. The number of hydrogen-bond donors (Lipinski definition) is 1. The maximum atomic E-state index is 7.10. The predicted octanol–water partition coefficient (Wildman–Crippen LogP) is 10.2. The smallest absolute Gasteiger partial charge is 0.157 e. The molecule has 0 unspecified atom stereocenters. The van der Waals surface area contributed by atoms with E-state index in [1.807, 2.05) is 24.3 Å². The molecule has 0 bridgehead atoms. The van der Waals surface area contributed by atoms with Gasteiger partial charge in [0, 0.05) is 28.5 Å². The van der Waals surface area contributed by atoms with Gasteiger partial charge in [0.15, 0.2) is 5.84 Å². The van der Waals surface area contributed by atoms with Crippen LogP contribution in [-0.4, -0.2) is 11.7 Å². The third-order valence-corrected chi connectivity index (χ3v) is 8.84. The molecule has 4 heteroatoms. The summed E-state index contributed by atoms with van der Waals surface area (Å²) in [7, 11) is 0. The molecule has 0 saturated carbocycles. The van der Waals surface area contributed by atoms with Crippen molar-refractivity contribution in [2.45, 2.75) is 19.4 Å². The molecule has 4 nitrogen and oxygen atoms in total. The molecule has 1 aliphatic rings. The number of aryl methyl sites for hydroxylation is 1. The highest BCUT2D eigenvalue weighted by atomic mass is 16.3. The maximum absolute atomic E-state index is 7.10. The van der Waals surface area contributed by atoms with Crippen LogP contribution in [0.2, 0.25) is 0 Å². The average Bonchev–Trinajstić information content (AvgIpc) is 3.52. The van der Waals surface area contributed by atoms with Crippen LogP contribution in [0.3, 0.4) is 0 Å². The summed E-state index contributed by atoms with van der Waals surface area (Å²) in [6.07, 6.45) is 6.19. The summed E-state index contributed by atoms with van der Waals surface area (Å²) in [5.74, 6) is 1.98. The summed E-state index contributed by atoms with van der Waals surface area (Å²) >= 11 is 0. The summed E-state index contributed by atoms with van der Waals surface area (Å²) in [6.45, 7) is 0.469. The van der Waals surface area contributed by atoms with E-state index < -0.39 is 0 Å². The molecule has 0 spiro atoms. The van der Waals surface area contributed by atoms with Crippen LogP contribution in [0, 0.1) is 0 Å². The number of hydrogen-bond acceptors (Lipinski definition) is 2. The van der Waals surface area contributed by atoms with E-state index >= 15 is 0 Å². The summed E-state index contributed by atoms with van der Waals surface area (Å²) < 4.78 is 6.37. The van der Waals surface area contributed by atoms with Crippen molar-refractivity contribution in [1.29, 1.82) is 0 Å². The minimum absolute atomic E-state index is 0.404. The number of nitrogens with two attached hydrogens (primary N) is 1. The molecule has 1 heterocycles. The topological polar surface area (TPSA) is 63.9 Å². The zero-order valence-corrected chi connectivity index (χ0v) is 25.9. The Morgan fingerprint density at radius 1 is 0.681 bits per heavy atom. The second-order valence-corrected chi connectivity index (χ2v) is 11.9. The van der Waals surface area contributed by atoms with E-state index in [0.717, 1.165) is 74.1 Å². The van der Waals surface area contributed by atoms with Crippen LogP contribution in [0.1, 0.15) is 34.4 Å². The number of fused-ring (bicyclic) bond motifs is 4. The van der Waals surface area contributed by atoms with Crippen molar-refractivity contribution >= 4 is 39.5 Å². The molecule has 8 rings (SSSR count). The highest BCUT2D eigenvalue weighted by Crippen LogP contribution is 2.38. The van der Waals surface area contributed by atoms with E-state index in [4.69, 9.17) is 20.1 Å². The Balaban J connectivity index is 1.28. The average molecular weight is 608 g/mol. The number of furan rings is 1. The lowest BCUT2D eigenvalue weighted by molar-refractivity contribution is 0.546. The lowest BCUT2D eigenvalue weighted by atomic mass is 9.92. The van der Waals surface area contributed by atoms with Crippen molar-refractivity contribution in [3.8, 4) is 22.3 Å². The number of aliphatic imine (C=N–C) groups is 2. The highest BCUT2D eigenvalue weighted by molar-refractivity contribution is 6.20. The van der Waals surface area contributed by atoms with Crippen LogP contribution >= 0.6 is 0 Å². The Morgan fingerprint density at radius 3 is 2.17 bits per heavy atom. The van der Waals surface area contributed by atoms with Gasteiger partial charge in [-0.1, -0.05) is 133 Å². The molecule has 47 heavy (non-hydrogen) atoms. The van der Waals surface area contributed by atoms with Gasteiger partial charge in [-0.15, -0.1) is 0 Å². The second kappa shape index (κ2) is 12.4. The minimum atomic E-state index is 0.404. The number of rotatable bonds is 6. The second-order valence-electron chi connectivity index (χ2n) is 11.9. The number of benzene rings is 6. The first kappa shape index (κ1) is 28.5. The molecule has 0 aliphatic heterocycles. The predicted molar refractivity (Wildman–Crippen MR) is 196 cm³/mol. The Labute approximate surface area is 274 Å². The van der Waals surface area contributed by atoms with Gasteiger partial charge in [0.05, 0.1) is 6.54 Å². The fourth-order valence-corrected chi connectivity index (χ4v) is 6.47. The first-order valence-corrected chi connectivity index (χ1v) is 16.0. The van der Waals surface area contributed by atoms with Crippen LogP contribution < -0.4 is 5.73 Å². The number of amidine groups is 2. The fraction of sp³-hybridized carbons (Fsp3) is 0.0698. The van der Waals surface area contributed by atoms with Gasteiger partial charge in [-0.25, -0.2) is 4.99 Å². The Morgan fingerprint density at radius 2 is 1.38 bits per heavy atom. The molecule has 7 aromatic rings. The van der Waals surface area contributed by atoms with Crippen LogP contribution in [0.5, 0.6) is 0 Å². The van der Waals surface area contributed by atoms with Crippen LogP contribution in [0.25, 0.3) is 50.1 Å². The van der Waals surface area contributed by atoms with Crippen molar-refractivity contribution in [3.05, 3.63) is 174 Å². The van der Waals surface area contributed by atoms with Crippen LogP contribution in [0.15, 0.2) is 160 Å². The van der Waals surface area contributed by atoms with Crippen molar-refractivity contribution in [2.75, 3.05) is 0 Å². The van der Waals surface area contributed by atoms with Gasteiger partial charge < -0.3 is 10.2 Å². The van der Waals surface area contributed by atoms with E-state index in [0.29, 0.717) is 18.2 Å². The molecule has 1 aromatic heterocycles. The lowest BCUT2D eigenvalue weighted by Crippen LogP contribution is -2.18. The van der Waals surface area contributed by atoms with Gasteiger partial charge in [0.25, 0.3) is 0 Å². The Bertz CT molecular complexity index is 2310. The first-order chi connectivity index (χ1) is 23.2. The van der Waals surface area contributed by atoms with Crippen molar-refractivity contribution in [2.24, 2.45) is 15.7 Å². The zero-order chi connectivity index (χ0) is 31.6. The molecular weight excluding hydrogens is 574 g/mol. The van der Waals surface area contributed by atoms with Gasteiger partial charge >= 0.3 is 0 Å². The lowest BCUT2D eigenvalue weighted by Gasteiger charge is -2.13. The van der Waals surface area contributed by atoms with Gasteiger partial charge in [-0.05, 0) is 63.2 Å². The minimum Gasteiger partial charge on any atom is -0.460 e. The van der Waals surface area contributed by atoms with Crippen molar-refractivity contribution in [3.63, 3.8) is 0 Å². The highest BCUT2D eigenvalue weighted by Gasteiger charge is 2.22. The van der Waals surface area contributed by atoms with Crippen molar-refractivity contribution in [1.82, 2.24) is 0 Å². The fourth-order valence-electron chi connectivity index (χ4n) is 6.47. The summed E-state index contributed by atoms with van der Waals surface area (Å²) in [5, 5.41) is 3.39. The quantitative estimate of drug-likeness (QED) is 0.151. The van der Waals surface area contributed by atoms with E-state index in [-0.39, 0.29) is 0 Å². The number of nitrogens with zero attached hydrogens (tertiary/aromatic N) is 2. The molecular formula is C43H33N3O. The summed E-state index contributed by atoms with van der Waals surface area (Å²) in [6, 6.07) is 48.1. The molecule has 2 N–H and O–H groups in total. The van der Waals surface area contributed by atoms with Crippen LogP contribution in [0.4, 0.5) is 0 Å². The molecule has 0 fully saturated rings. The van der Waals surface area contributed by atoms with E-state index in [2.05, 4.69) is 127 Å². The van der Waals surface area contributed by atoms with Gasteiger partial charge in [-0.3, -0.25) is 4.99 Å². The monoisotopic (exact) mass is 607 g/mol. The molecule has 226 valence electrons. The third kappa shape index (κ3) is 5.66. The van der Waals surface area contributed by atoms with Crippen LogP contribution in [-0.2, 0) is 13.0 Å². The van der Waals surface area contributed by atoms with Crippen molar-refractivity contribution < 1.29 is 4.42 Å². The third-order valence-electron chi connectivity index (χ3n) is 8.84. The van der Waals surface area contributed by atoms with Gasteiger partial charge in [0.1, 0.15) is 17.2 Å². The molecule has 1 aliphatic carbocycles. The normalized spacial score (nSPS) is 13.3. The van der Waals surface area contributed by atoms with E-state index in [1.54, 1.807) is 0 Å². The van der Waals surface area contributed by atoms with E-state index in [9.17, 15) is 0 Å². The molecule has 0 saturated heterocycles. The molecule has 0 atom stereocenters. The van der Waals surface area contributed by atoms with Gasteiger partial charge in [-0.2, -0.15) is 0 Å². The molecule has 6 aromatic carbocycles. The number of allylic oxidation sites excluding steroid dienone is 1. The SMILES string of the molecule is NC(=NC(=NCc1ccc2ccccc2c1)c1ccc(-c2ccccc2)cc1)c1c(-c2ccccc2)ccc2oc3c(c12)C=CCC3. The summed E-state index contributed by atoms with van der Waals surface area (Å²) in [5.41, 5.74) is 16.2. The van der Waals surface area contributed by atoms with E-state index in [1.165, 1.54) is 10.8 Å². The largest absolute Gasteiger partial charge is 0.460 e. The zero-order valence-electron chi connectivity index (χ0n) is 25.9. The standard InChI is InChI=1S/C43H33N3O/c44-42(41-36(33-14-5-2-6-15-33)25-26-39-40(41)37-17-9-10-18-38(37)47-39)46-43(34-23-21-32(22-24-34)30-11-3-1-4-12-30)45-28-29-19-20-31-13-7-8-16-35(31)27-29/h1-9,11-17,19-27H,10,18,28H2,(H2,44,45,46). The first-order valence-electron chi connectivity index (χ1n) is 16.0. The Kier molecular flexibility index (Phi) is 7.52. The molecule has 0 amide bonds. The summed E-state index contributed by atoms with van der Waals surface area (Å²) in [4.78, 5) is 10.2. The molecule has 0 radical (unpaired) electrons. The van der Waals surface area contributed by atoms with Gasteiger partial charge in [0.2, 0.25) is 0 Å². The maximum Gasteiger partial charge on any atom is 0.157 e.